The Morgan fingerprint density at radius 2 is 1.93 bits per heavy atom. The summed E-state index contributed by atoms with van der Waals surface area (Å²) in [6.07, 6.45) is -2.82. The molecule has 1 aromatic rings. The number of fused-ring (bicyclic) bond motifs is 3. The Bertz CT molecular complexity index is 840. The first-order chi connectivity index (χ1) is 12.8. The van der Waals surface area contributed by atoms with E-state index in [0.29, 0.717) is 17.2 Å². The SMILES string of the molecule is CC1=CN2C(=NC1C)C(N1CCNCC1)=Nc1ccc(OC(F)(F)F)cc12. The maximum absolute atomic E-state index is 12.6. The second kappa shape index (κ2) is 6.56. The van der Waals surface area contributed by atoms with Crippen LogP contribution in [0.4, 0.5) is 24.5 Å². The van der Waals surface area contributed by atoms with Crippen LogP contribution in [0.25, 0.3) is 0 Å². The number of ether oxygens (including phenoxy) is 1. The number of hydrogen-bond donors (Lipinski definition) is 1. The number of rotatable bonds is 1. The van der Waals surface area contributed by atoms with Gasteiger partial charge in [-0.3, -0.25) is 9.89 Å². The van der Waals surface area contributed by atoms with Gasteiger partial charge in [-0.15, -0.1) is 13.2 Å². The molecule has 1 saturated heterocycles. The van der Waals surface area contributed by atoms with E-state index in [1.807, 2.05) is 24.9 Å². The fourth-order valence-electron chi connectivity index (χ4n) is 3.31. The molecule has 1 atom stereocenters. The van der Waals surface area contributed by atoms with Gasteiger partial charge in [0.1, 0.15) is 5.75 Å². The average Bonchev–Trinajstić information content (AvgIpc) is 2.62. The van der Waals surface area contributed by atoms with Crippen molar-refractivity contribution in [2.75, 3.05) is 31.1 Å². The Kier molecular flexibility index (Phi) is 4.33. The van der Waals surface area contributed by atoms with E-state index in [-0.39, 0.29) is 11.8 Å². The zero-order valence-corrected chi connectivity index (χ0v) is 15.0. The van der Waals surface area contributed by atoms with Gasteiger partial charge < -0.3 is 15.0 Å². The number of amidine groups is 2. The lowest BCUT2D eigenvalue weighted by Gasteiger charge is -2.39. The van der Waals surface area contributed by atoms with E-state index in [0.717, 1.165) is 37.6 Å². The number of halogens is 3. The van der Waals surface area contributed by atoms with E-state index in [9.17, 15) is 13.2 Å². The predicted molar refractivity (Wildman–Crippen MR) is 97.8 cm³/mol. The van der Waals surface area contributed by atoms with Gasteiger partial charge in [-0.05, 0) is 31.6 Å². The summed E-state index contributed by atoms with van der Waals surface area (Å²) in [5, 5.41) is 3.30. The number of alkyl halides is 3. The Labute approximate surface area is 155 Å². The van der Waals surface area contributed by atoms with Crippen molar-refractivity contribution in [1.82, 2.24) is 10.2 Å². The molecule has 3 aliphatic heterocycles. The number of anilines is 1. The Morgan fingerprint density at radius 3 is 2.63 bits per heavy atom. The smallest absolute Gasteiger partial charge is 0.406 e. The summed E-state index contributed by atoms with van der Waals surface area (Å²) in [7, 11) is 0. The molecule has 1 fully saturated rings. The molecular formula is C18H20F3N5O. The van der Waals surface area contributed by atoms with Crippen LogP contribution in [0.15, 0.2) is 40.0 Å². The fraction of sp³-hybridized carbons (Fsp3) is 0.444. The van der Waals surface area contributed by atoms with Crippen LogP contribution in [0.2, 0.25) is 0 Å². The monoisotopic (exact) mass is 379 g/mol. The molecule has 0 radical (unpaired) electrons. The van der Waals surface area contributed by atoms with Gasteiger partial charge in [0.2, 0.25) is 0 Å². The van der Waals surface area contributed by atoms with Gasteiger partial charge >= 0.3 is 6.36 Å². The van der Waals surface area contributed by atoms with Crippen molar-refractivity contribution in [3.63, 3.8) is 0 Å². The molecule has 1 aromatic carbocycles. The van der Waals surface area contributed by atoms with Crippen molar-refractivity contribution in [1.29, 1.82) is 0 Å². The molecule has 1 unspecified atom stereocenters. The fourth-order valence-corrected chi connectivity index (χ4v) is 3.31. The summed E-state index contributed by atoms with van der Waals surface area (Å²) < 4.78 is 41.9. The summed E-state index contributed by atoms with van der Waals surface area (Å²) in [5.41, 5.74) is 2.14. The van der Waals surface area contributed by atoms with Crippen LogP contribution in [-0.4, -0.2) is 55.2 Å². The van der Waals surface area contributed by atoms with Gasteiger partial charge in [0, 0.05) is 38.4 Å². The molecule has 0 amide bonds. The molecule has 3 heterocycles. The molecule has 1 N–H and O–H groups in total. The normalized spacial score (nSPS) is 22.4. The molecule has 6 nitrogen and oxygen atoms in total. The maximum atomic E-state index is 12.6. The van der Waals surface area contributed by atoms with Crippen molar-refractivity contribution in [3.05, 3.63) is 30.0 Å². The third-order valence-electron chi connectivity index (χ3n) is 4.82. The molecule has 0 bridgehead atoms. The predicted octanol–water partition coefficient (Wildman–Crippen LogP) is 3.04. The lowest BCUT2D eigenvalue weighted by atomic mass is 10.1. The second-order valence-electron chi connectivity index (χ2n) is 6.74. The number of hydrogen-bond acceptors (Lipinski definition) is 6. The van der Waals surface area contributed by atoms with Gasteiger partial charge in [0.05, 0.1) is 17.4 Å². The quantitative estimate of drug-likeness (QED) is 0.815. The number of benzene rings is 1. The molecule has 0 aromatic heterocycles. The van der Waals surface area contributed by atoms with E-state index < -0.39 is 6.36 Å². The first-order valence-electron chi connectivity index (χ1n) is 8.82. The maximum Gasteiger partial charge on any atom is 0.573 e. The second-order valence-corrected chi connectivity index (χ2v) is 6.74. The third-order valence-corrected chi connectivity index (χ3v) is 4.82. The Morgan fingerprint density at radius 1 is 1.19 bits per heavy atom. The van der Waals surface area contributed by atoms with E-state index in [1.165, 1.54) is 12.1 Å². The highest BCUT2D eigenvalue weighted by Gasteiger charge is 2.35. The third kappa shape index (κ3) is 3.51. The zero-order chi connectivity index (χ0) is 19.2. The summed E-state index contributed by atoms with van der Waals surface area (Å²) in [4.78, 5) is 13.5. The highest BCUT2D eigenvalue weighted by molar-refractivity contribution is 6.48. The van der Waals surface area contributed by atoms with Gasteiger partial charge in [-0.25, -0.2) is 4.99 Å². The van der Waals surface area contributed by atoms with Gasteiger partial charge in [0.15, 0.2) is 11.7 Å². The summed E-state index contributed by atoms with van der Waals surface area (Å²) in [6, 6.07) is 4.18. The van der Waals surface area contributed by atoms with Crippen LogP contribution < -0.4 is 15.0 Å². The highest BCUT2D eigenvalue weighted by Crippen LogP contribution is 2.40. The van der Waals surface area contributed by atoms with Gasteiger partial charge in [-0.1, -0.05) is 0 Å². The van der Waals surface area contributed by atoms with Gasteiger partial charge in [-0.2, -0.15) is 0 Å². The number of nitrogens with one attached hydrogen (secondary N) is 1. The number of aliphatic imine (C=N–C) groups is 2. The molecule has 144 valence electrons. The van der Waals surface area contributed by atoms with E-state index in [1.54, 1.807) is 6.07 Å². The summed E-state index contributed by atoms with van der Waals surface area (Å²) in [5.74, 6) is 1.14. The Balaban J connectivity index is 1.79. The summed E-state index contributed by atoms with van der Waals surface area (Å²) >= 11 is 0. The average molecular weight is 379 g/mol. The summed E-state index contributed by atoms with van der Waals surface area (Å²) in [6.45, 7) is 7.24. The van der Waals surface area contributed by atoms with Crippen molar-refractivity contribution in [2.45, 2.75) is 26.3 Å². The minimum absolute atomic E-state index is 0.0134. The van der Waals surface area contributed by atoms with Crippen LogP contribution in [-0.2, 0) is 0 Å². The van der Waals surface area contributed by atoms with Crippen LogP contribution in [0.3, 0.4) is 0 Å². The molecule has 4 rings (SSSR count). The molecule has 0 aliphatic carbocycles. The van der Waals surface area contributed by atoms with Crippen LogP contribution in [0, 0.1) is 0 Å². The lowest BCUT2D eigenvalue weighted by Crippen LogP contribution is -2.53. The van der Waals surface area contributed by atoms with E-state index in [4.69, 9.17) is 9.98 Å². The van der Waals surface area contributed by atoms with Crippen molar-refractivity contribution >= 4 is 23.0 Å². The number of piperazine rings is 1. The minimum Gasteiger partial charge on any atom is -0.406 e. The van der Waals surface area contributed by atoms with Crippen LogP contribution in [0.5, 0.6) is 5.75 Å². The first-order valence-corrected chi connectivity index (χ1v) is 8.82. The topological polar surface area (TPSA) is 52.5 Å². The van der Waals surface area contributed by atoms with E-state index >= 15 is 0 Å². The van der Waals surface area contributed by atoms with Crippen molar-refractivity contribution in [3.8, 4) is 5.75 Å². The zero-order valence-electron chi connectivity index (χ0n) is 15.0. The lowest BCUT2D eigenvalue weighted by molar-refractivity contribution is -0.274. The standard InChI is InChI=1S/C18H20F3N5O/c1-11-10-26-15-9-13(27-18(19,20)21)3-4-14(15)24-16(17(26)23-12(11)2)25-7-5-22-6-8-25/h3-4,9-10,12,22H,5-8H2,1-2H3. The Hall–Kier alpha value is -2.55. The largest absolute Gasteiger partial charge is 0.573 e. The number of nitrogens with zero attached hydrogens (tertiary/aromatic N) is 4. The molecule has 3 aliphatic rings. The first kappa shape index (κ1) is 17.8. The molecule has 27 heavy (non-hydrogen) atoms. The van der Waals surface area contributed by atoms with Crippen LogP contribution >= 0.6 is 0 Å². The van der Waals surface area contributed by atoms with Gasteiger partial charge in [0.25, 0.3) is 0 Å². The minimum atomic E-state index is -4.74. The molecule has 9 heteroatoms. The molecule has 0 saturated carbocycles. The highest BCUT2D eigenvalue weighted by atomic mass is 19.4. The van der Waals surface area contributed by atoms with Crippen LogP contribution in [0.1, 0.15) is 13.8 Å². The van der Waals surface area contributed by atoms with E-state index in [2.05, 4.69) is 15.0 Å². The molecular weight excluding hydrogens is 359 g/mol. The van der Waals surface area contributed by atoms with Crippen molar-refractivity contribution < 1.29 is 17.9 Å². The van der Waals surface area contributed by atoms with Crippen molar-refractivity contribution in [2.24, 2.45) is 9.98 Å². The molecule has 0 spiro atoms.